The average molecular weight is 217 g/mol. The molecule has 0 aromatic carbocycles. The van der Waals surface area contributed by atoms with E-state index in [0.717, 1.165) is 25.9 Å². The smallest absolute Gasteiger partial charge is 0.222 e. The van der Waals surface area contributed by atoms with Crippen LogP contribution in [0.25, 0.3) is 0 Å². The van der Waals surface area contributed by atoms with Crippen molar-refractivity contribution in [1.82, 2.24) is 5.32 Å². The van der Waals surface area contributed by atoms with Crippen LogP contribution < -0.4 is 5.32 Å². The molecule has 1 atom stereocenters. The maximum Gasteiger partial charge on any atom is 0.222 e. The van der Waals surface area contributed by atoms with Crippen molar-refractivity contribution in [2.24, 2.45) is 0 Å². The summed E-state index contributed by atoms with van der Waals surface area (Å²) in [5, 5.41) is 20.1. The summed E-state index contributed by atoms with van der Waals surface area (Å²) in [5.41, 5.74) is 0. The molecule has 5 nitrogen and oxygen atoms in total. The Balaban J connectivity index is 2.21. The summed E-state index contributed by atoms with van der Waals surface area (Å²) >= 11 is 0. The highest BCUT2D eigenvalue weighted by Gasteiger charge is 2.19. The summed E-state index contributed by atoms with van der Waals surface area (Å²) in [6, 6.07) is -0.555. The summed E-state index contributed by atoms with van der Waals surface area (Å²) in [5.74, 6) is -0.171. The van der Waals surface area contributed by atoms with Crippen LogP contribution in [0.3, 0.4) is 0 Å². The van der Waals surface area contributed by atoms with E-state index in [1.54, 1.807) is 0 Å². The van der Waals surface area contributed by atoms with Gasteiger partial charge >= 0.3 is 0 Å². The van der Waals surface area contributed by atoms with Crippen molar-refractivity contribution in [3.63, 3.8) is 0 Å². The lowest BCUT2D eigenvalue weighted by atomic mass is 10.1. The van der Waals surface area contributed by atoms with Gasteiger partial charge in [-0.1, -0.05) is 0 Å². The van der Waals surface area contributed by atoms with Crippen LogP contribution in [0.1, 0.15) is 25.7 Å². The maximum atomic E-state index is 11.4. The van der Waals surface area contributed by atoms with Gasteiger partial charge in [0, 0.05) is 6.61 Å². The number of rotatable bonds is 5. The molecule has 15 heavy (non-hydrogen) atoms. The van der Waals surface area contributed by atoms with Crippen molar-refractivity contribution >= 4 is 5.91 Å². The van der Waals surface area contributed by atoms with E-state index in [1.807, 2.05) is 0 Å². The van der Waals surface area contributed by atoms with Crippen molar-refractivity contribution in [2.45, 2.75) is 37.8 Å². The van der Waals surface area contributed by atoms with E-state index in [0.29, 0.717) is 6.42 Å². The molecule has 0 saturated carbocycles. The van der Waals surface area contributed by atoms with Crippen molar-refractivity contribution in [1.29, 1.82) is 0 Å². The molecule has 1 fully saturated rings. The zero-order valence-corrected chi connectivity index (χ0v) is 8.82. The molecular weight excluding hydrogens is 198 g/mol. The van der Waals surface area contributed by atoms with Crippen molar-refractivity contribution < 1.29 is 19.7 Å². The molecule has 0 aromatic rings. The standard InChI is InChI=1S/C10H19NO4/c12-6-8(7-13)11-10(14)5-9-3-1-2-4-15-9/h8-9,12-13H,1-7H2,(H,11,14). The summed E-state index contributed by atoms with van der Waals surface area (Å²) in [7, 11) is 0. The topological polar surface area (TPSA) is 78.8 Å². The fourth-order valence-corrected chi connectivity index (χ4v) is 1.61. The van der Waals surface area contributed by atoms with Gasteiger partial charge in [-0.25, -0.2) is 0 Å². The number of carbonyl (C=O) groups excluding carboxylic acids is 1. The Kier molecular flexibility index (Phi) is 5.60. The van der Waals surface area contributed by atoms with E-state index in [4.69, 9.17) is 14.9 Å². The fraction of sp³-hybridized carbons (Fsp3) is 0.900. The molecule has 1 unspecified atom stereocenters. The second-order valence-corrected chi connectivity index (χ2v) is 3.82. The van der Waals surface area contributed by atoms with E-state index < -0.39 is 6.04 Å². The molecule has 3 N–H and O–H groups in total. The number of carbonyl (C=O) groups is 1. The minimum atomic E-state index is -0.555. The third-order valence-electron chi connectivity index (χ3n) is 2.49. The molecule has 88 valence electrons. The van der Waals surface area contributed by atoms with Crippen LogP contribution >= 0.6 is 0 Å². The van der Waals surface area contributed by atoms with Gasteiger partial charge in [0.05, 0.1) is 31.8 Å². The molecule has 1 amide bonds. The van der Waals surface area contributed by atoms with Crippen LogP contribution in [-0.2, 0) is 9.53 Å². The summed E-state index contributed by atoms with van der Waals surface area (Å²) in [6.07, 6.45) is 3.39. The summed E-state index contributed by atoms with van der Waals surface area (Å²) in [4.78, 5) is 11.4. The third-order valence-corrected chi connectivity index (χ3v) is 2.49. The predicted octanol–water partition coefficient (Wildman–Crippen LogP) is -0.585. The van der Waals surface area contributed by atoms with Gasteiger partial charge in [-0.05, 0) is 19.3 Å². The van der Waals surface area contributed by atoms with Gasteiger partial charge < -0.3 is 20.3 Å². The fourth-order valence-electron chi connectivity index (χ4n) is 1.61. The molecule has 5 heteroatoms. The normalized spacial score (nSPS) is 21.7. The van der Waals surface area contributed by atoms with Crippen molar-refractivity contribution in [3.05, 3.63) is 0 Å². The van der Waals surface area contributed by atoms with Gasteiger partial charge in [0.25, 0.3) is 0 Å². The Morgan fingerprint density at radius 2 is 2.13 bits per heavy atom. The van der Waals surface area contributed by atoms with Crippen LogP contribution in [0.5, 0.6) is 0 Å². The number of nitrogens with one attached hydrogen (secondary N) is 1. The highest BCUT2D eigenvalue weighted by molar-refractivity contribution is 5.76. The van der Waals surface area contributed by atoms with Crippen molar-refractivity contribution in [2.75, 3.05) is 19.8 Å². The SMILES string of the molecule is O=C(CC1CCCCO1)NC(CO)CO. The molecule has 0 radical (unpaired) electrons. The quantitative estimate of drug-likeness (QED) is 0.575. The number of aliphatic hydroxyl groups excluding tert-OH is 2. The van der Waals surface area contributed by atoms with Gasteiger partial charge in [0.15, 0.2) is 0 Å². The first kappa shape index (κ1) is 12.4. The number of hydrogen-bond donors (Lipinski definition) is 3. The molecule has 0 aromatic heterocycles. The van der Waals surface area contributed by atoms with Gasteiger partial charge in [-0.3, -0.25) is 4.79 Å². The molecule has 1 aliphatic heterocycles. The average Bonchev–Trinajstić information content (AvgIpc) is 2.27. The van der Waals surface area contributed by atoms with Crippen LogP contribution in [0.15, 0.2) is 0 Å². The first-order chi connectivity index (χ1) is 7.26. The Morgan fingerprint density at radius 3 is 2.67 bits per heavy atom. The minimum Gasteiger partial charge on any atom is -0.394 e. The van der Waals surface area contributed by atoms with E-state index in [-0.39, 0.29) is 25.2 Å². The second kappa shape index (κ2) is 6.76. The van der Waals surface area contributed by atoms with Gasteiger partial charge in [-0.15, -0.1) is 0 Å². The lowest BCUT2D eigenvalue weighted by molar-refractivity contribution is -0.126. The van der Waals surface area contributed by atoms with E-state index in [1.165, 1.54) is 0 Å². The van der Waals surface area contributed by atoms with E-state index in [9.17, 15) is 4.79 Å². The lowest BCUT2D eigenvalue weighted by Crippen LogP contribution is -2.41. The molecule has 0 aliphatic carbocycles. The molecule has 0 bridgehead atoms. The van der Waals surface area contributed by atoms with Crippen LogP contribution in [-0.4, -0.2) is 48.1 Å². The first-order valence-electron chi connectivity index (χ1n) is 5.39. The zero-order valence-electron chi connectivity index (χ0n) is 8.82. The minimum absolute atomic E-state index is 0.00298. The number of aliphatic hydroxyl groups is 2. The number of amides is 1. The highest BCUT2D eigenvalue weighted by Crippen LogP contribution is 2.15. The molecule has 1 rings (SSSR count). The Bertz CT molecular complexity index is 188. The zero-order chi connectivity index (χ0) is 11.1. The molecule has 0 spiro atoms. The van der Waals surface area contributed by atoms with E-state index >= 15 is 0 Å². The van der Waals surface area contributed by atoms with Gasteiger partial charge in [0.1, 0.15) is 0 Å². The molecule has 1 aliphatic rings. The number of hydrogen-bond acceptors (Lipinski definition) is 4. The maximum absolute atomic E-state index is 11.4. The Hall–Kier alpha value is -0.650. The second-order valence-electron chi connectivity index (χ2n) is 3.82. The van der Waals surface area contributed by atoms with E-state index in [2.05, 4.69) is 5.32 Å². The summed E-state index contributed by atoms with van der Waals surface area (Å²) < 4.78 is 5.41. The highest BCUT2D eigenvalue weighted by atomic mass is 16.5. The number of ether oxygens (including phenoxy) is 1. The van der Waals surface area contributed by atoms with Gasteiger partial charge in [0.2, 0.25) is 5.91 Å². The monoisotopic (exact) mass is 217 g/mol. The van der Waals surface area contributed by atoms with Crippen molar-refractivity contribution in [3.8, 4) is 0 Å². The third kappa shape index (κ3) is 4.59. The summed E-state index contributed by atoms with van der Waals surface area (Å²) in [6.45, 7) is 0.239. The van der Waals surface area contributed by atoms with Crippen LogP contribution in [0.4, 0.5) is 0 Å². The Labute approximate surface area is 89.4 Å². The van der Waals surface area contributed by atoms with Crippen LogP contribution in [0, 0.1) is 0 Å². The molecule has 1 saturated heterocycles. The van der Waals surface area contributed by atoms with Crippen LogP contribution in [0.2, 0.25) is 0 Å². The lowest BCUT2D eigenvalue weighted by Gasteiger charge is -2.23. The predicted molar refractivity (Wildman–Crippen MR) is 54.3 cm³/mol. The largest absolute Gasteiger partial charge is 0.394 e. The molecular formula is C10H19NO4. The Morgan fingerprint density at radius 1 is 1.40 bits per heavy atom. The van der Waals surface area contributed by atoms with Gasteiger partial charge in [-0.2, -0.15) is 0 Å². The first-order valence-corrected chi connectivity index (χ1v) is 5.39. The molecule has 1 heterocycles.